The van der Waals surface area contributed by atoms with Gasteiger partial charge in [0.2, 0.25) is 0 Å². The summed E-state index contributed by atoms with van der Waals surface area (Å²) < 4.78 is 5.60. The van der Waals surface area contributed by atoms with Gasteiger partial charge in [0.1, 0.15) is 0 Å². The second-order valence-electron chi connectivity index (χ2n) is 9.23. The molecule has 1 amide bonds. The summed E-state index contributed by atoms with van der Waals surface area (Å²) in [6.45, 7) is 13.0. The van der Waals surface area contributed by atoms with Gasteiger partial charge in [0.15, 0.2) is 6.23 Å². The fourth-order valence-corrected chi connectivity index (χ4v) is 5.02. The molecule has 9 heteroatoms. The normalized spacial score (nSPS) is 27.0. The van der Waals surface area contributed by atoms with Crippen LogP contribution in [0.25, 0.3) is 0 Å². The van der Waals surface area contributed by atoms with Gasteiger partial charge in [0.25, 0.3) is 0 Å². The van der Waals surface area contributed by atoms with Crippen molar-refractivity contribution < 1.29 is 19.4 Å². The van der Waals surface area contributed by atoms with Crippen molar-refractivity contribution in [3.8, 4) is 0 Å². The minimum atomic E-state index is -0.746. The molecule has 9 nitrogen and oxygen atoms in total. The van der Waals surface area contributed by atoms with Gasteiger partial charge in [-0.1, -0.05) is 13.3 Å². The predicted octanol–water partition coefficient (Wildman–Crippen LogP) is 1.05. The molecule has 0 aromatic carbocycles. The molecule has 3 saturated heterocycles. The lowest BCUT2D eigenvalue weighted by Gasteiger charge is -2.43. The van der Waals surface area contributed by atoms with E-state index in [0.29, 0.717) is 19.1 Å². The largest absolute Gasteiger partial charge is 0.481 e. The summed E-state index contributed by atoms with van der Waals surface area (Å²) in [5.41, 5.74) is 0. The van der Waals surface area contributed by atoms with Gasteiger partial charge in [-0.05, 0) is 32.4 Å². The SMILES string of the molecule is CCCN1CCN(CCCCC2CN(CCC(=O)O)CCN2C2CN(C)C(=O)O2)CC1. The van der Waals surface area contributed by atoms with Gasteiger partial charge in [0.05, 0.1) is 13.0 Å². The molecule has 3 aliphatic rings. The van der Waals surface area contributed by atoms with Gasteiger partial charge in [-0.3, -0.25) is 14.6 Å². The van der Waals surface area contributed by atoms with Gasteiger partial charge in [-0.25, -0.2) is 4.79 Å². The third kappa shape index (κ3) is 7.30. The zero-order chi connectivity index (χ0) is 22.2. The summed E-state index contributed by atoms with van der Waals surface area (Å²) in [6.07, 6.45) is 4.34. The molecule has 3 aliphatic heterocycles. The van der Waals surface area contributed by atoms with Crippen LogP contribution in [0.5, 0.6) is 0 Å². The van der Waals surface area contributed by atoms with Gasteiger partial charge in [-0.15, -0.1) is 0 Å². The first-order chi connectivity index (χ1) is 15.0. The zero-order valence-electron chi connectivity index (χ0n) is 19.4. The Morgan fingerprint density at radius 3 is 2.26 bits per heavy atom. The number of likely N-dealkylation sites (N-methyl/N-ethyl adjacent to an activating group) is 1. The van der Waals surface area contributed by atoms with Crippen LogP contribution in [0.3, 0.4) is 0 Å². The Kier molecular flexibility index (Phi) is 9.37. The maximum absolute atomic E-state index is 11.9. The fraction of sp³-hybridized carbons (Fsp3) is 0.909. The summed E-state index contributed by atoms with van der Waals surface area (Å²) in [7, 11) is 1.78. The number of ether oxygens (including phenoxy) is 1. The maximum atomic E-state index is 11.9. The van der Waals surface area contributed by atoms with Crippen molar-refractivity contribution in [3.05, 3.63) is 0 Å². The number of carbonyl (C=O) groups is 2. The number of unbranched alkanes of at least 4 members (excludes halogenated alkanes) is 1. The van der Waals surface area contributed by atoms with Crippen LogP contribution >= 0.6 is 0 Å². The Bertz CT molecular complexity index is 584. The number of hydrogen-bond acceptors (Lipinski definition) is 7. The Balaban J connectivity index is 1.45. The Labute approximate surface area is 186 Å². The summed E-state index contributed by atoms with van der Waals surface area (Å²) in [6, 6.07) is 0.299. The van der Waals surface area contributed by atoms with Crippen LogP contribution in [0, 0.1) is 0 Å². The molecule has 3 fully saturated rings. The Morgan fingerprint density at radius 2 is 1.65 bits per heavy atom. The number of rotatable bonds is 11. The van der Waals surface area contributed by atoms with Crippen LogP contribution in [0.15, 0.2) is 0 Å². The number of amides is 1. The number of aliphatic carboxylic acids is 1. The fourth-order valence-electron chi connectivity index (χ4n) is 5.02. The maximum Gasteiger partial charge on any atom is 0.411 e. The highest BCUT2D eigenvalue weighted by Gasteiger charge is 2.38. The van der Waals surface area contributed by atoms with E-state index in [1.165, 1.54) is 45.6 Å². The Morgan fingerprint density at radius 1 is 0.968 bits per heavy atom. The van der Waals surface area contributed by atoms with Crippen molar-refractivity contribution in [1.29, 1.82) is 0 Å². The molecule has 3 heterocycles. The molecule has 0 radical (unpaired) electrons. The lowest BCUT2D eigenvalue weighted by atomic mass is 10.0. The van der Waals surface area contributed by atoms with Crippen LogP contribution in [0.4, 0.5) is 4.79 Å². The molecule has 0 aromatic rings. The number of carbonyl (C=O) groups excluding carboxylic acids is 1. The van der Waals surface area contributed by atoms with Crippen LogP contribution in [-0.2, 0) is 9.53 Å². The standard InChI is InChI=1S/C22H41N5O4/c1-3-8-24-11-13-25(14-12-24)9-5-4-6-19-17-26(10-7-21(28)29)15-16-27(19)20-18-23(2)22(30)31-20/h19-20H,3-18H2,1-2H3,(H,28,29). The van der Waals surface area contributed by atoms with E-state index < -0.39 is 5.97 Å². The first-order valence-corrected chi connectivity index (χ1v) is 12.0. The van der Waals surface area contributed by atoms with Gasteiger partial charge >= 0.3 is 12.1 Å². The number of carboxylic acids is 1. The minimum absolute atomic E-state index is 0.178. The molecule has 0 saturated carbocycles. The summed E-state index contributed by atoms with van der Waals surface area (Å²) in [5, 5.41) is 9.03. The van der Waals surface area contributed by atoms with Crippen molar-refractivity contribution in [2.45, 2.75) is 51.3 Å². The van der Waals surface area contributed by atoms with E-state index in [9.17, 15) is 9.59 Å². The van der Waals surface area contributed by atoms with E-state index >= 15 is 0 Å². The van der Waals surface area contributed by atoms with Crippen molar-refractivity contribution in [2.24, 2.45) is 0 Å². The molecule has 0 aliphatic carbocycles. The smallest absolute Gasteiger partial charge is 0.411 e. The number of piperazine rings is 2. The third-order valence-electron chi connectivity index (χ3n) is 6.87. The molecule has 0 spiro atoms. The average molecular weight is 440 g/mol. The van der Waals surface area contributed by atoms with Crippen molar-refractivity contribution in [2.75, 3.05) is 79.0 Å². The van der Waals surface area contributed by atoms with E-state index in [1.807, 2.05) is 0 Å². The van der Waals surface area contributed by atoms with Crippen LogP contribution in [0.1, 0.15) is 39.0 Å². The van der Waals surface area contributed by atoms with Crippen LogP contribution in [0.2, 0.25) is 0 Å². The number of cyclic esters (lactones) is 1. The monoisotopic (exact) mass is 439 g/mol. The molecule has 178 valence electrons. The molecule has 0 bridgehead atoms. The van der Waals surface area contributed by atoms with Gasteiger partial charge < -0.3 is 24.5 Å². The van der Waals surface area contributed by atoms with Crippen molar-refractivity contribution >= 4 is 12.1 Å². The number of carboxylic acid groups (broad SMARTS) is 1. The van der Waals surface area contributed by atoms with Crippen molar-refractivity contribution in [1.82, 2.24) is 24.5 Å². The highest BCUT2D eigenvalue weighted by Crippen LogP contribution is 2.23. The summed E-state index contributed by atoms with van der Waals surface area (Å²) in [4.78, 5) is 34.2. The molecule has 1 N–H and O–H groups in total. The van der Waals surface area contributed by atoms with Crippen molar-refractivity contribution in [3.63, 3.8) is 0 Å². The molecular formula is C22H41N5O4. The summed E-state index contributed by atoms with van der Waals surface area (Å²) >= 11 is 0. The topological polar surface area (TPSA) is 79.8 Å². The number of nitrogens with zero attached hydrogens (tertiary/aromatic N) is 5. The average Bonchev–Trinajstić information content (AvgIpc) is 3.09. The second-order valence-corrected chi connectivity index (χ2v) is 9.23. The van der Waals surface area contributed by atoms with E-state index in [-0.39, 0.29) is 18.7 Å². The molecule has 0 aromatic heterocycles. The predicted molar refractivity (Wildman–Crippen MR) is 119 cm³/mol. The van der Waals surface area contributed by atoms with Crippen LogP contribution < -0.4 is 0 Å². The van der Waals surface area contributed by atoms with Gasteiger partial charge in [-0.2, -0.15) is 0 Å². The third-order valence-corrected chi connectivity index (χ3v) is 6.87. The highest BCUT2D eigenvalue weighted by atomic mass is 16.6. The lowest BCUT2D eigenvalue weighted by Crippen LogP contribution is -2.57. The highest BCUT2D eigenvalue weighted by molar-refractivity contribution is 5.69. The molecular weight excluding hydrogens is 398 g/mol. The number of hydrogen-bond donors (Lipinski definition) is 1. The van der Waals surface area contributed by atoms with E-state index in [4.69, 9.17) is 9.84 Å². The molecule has 2 unspecified atom stereocenters. The van der Waals surface area contributed by atoms with Gasteiger partial charge in [0, 0.05) is 65.4 Å². The van der Waals surface area contributed by atoms with E-state index in [1.54, 1.807) is 11.9 Å². The molecule has 31 heavy (non-hydrogen) atoms. The first-order valence-electron chi connectivity index (χ1n) is 12.0. The second kappa shape index (κ2) is 12.0. The van der Waals surface area contributed by atoms with E-state index in [2.05, 4.69) is 26.5 Å². The molecule has 3 rings (SSSR count). The summed E-state index contributed by atoms with van der Waals surface area (Å²) in [5.74, 6) is -0.746. The Hall–Kier alpha value is -1.42. The molecule has 2 atom stereocenters. The quantitative estimate of drug-likeness (QED) is 0.479. The first kappa shape index (κ1) is 24.2. The lowest BCUT2D eigenvalue weighted by molar-refractivity contribution is -0.137. The van der Waals surface area contributed by atoms with Crippen LogP contribution in [-0.4, -0.2) is 133 Å². The van der Waals surface area contributed by atoms with E-state index in [0.717, 1.165) is 39.0 Å². The minimum Gasteiger partial charge on any atom is -0.481 e. The zero-order valence-corrected chi connectivity index (χ0v) is 19.4.